The summed E-state index contributed by atoms with van der Waals surface area (Å²) in [6.45, 7) is 1.84. The second-order valence-electron chi connectivity index (χ2n) is 7.56. The summed E-state index contributed by atoms with van der Waals surface area (Å²) in [6, 6.07) is 19.8. The van der Waals surface area contributed by atoms with E-state index in [9.17, 15) is 4.79 Å². The Morgan fingerprint density at radius 3 is 2.50 bits per heavy atom. The second-order valence-corrected chi connectivity index (χ2v) is 7.99. The number of amides is 2. The van der Waals surface area contributed by atoms with Crippen molar-refractivity contribution in [2.24, 2.45) is 0 Å². The molecule has 0 aliphatic carbocycles. The molecule has 1 aromatic heterocycles. The molecule has 5 nitrogen and oxygen atoms in total. The van der Waals surface area contributed by atoms with Gasteiger partial charge in [0, 0.05) is 43.1 Å². The topological polar surface area (TPSA) is 48.5 Å². The number of carbonyl (C=O) groups excluding carboxylic acids is 1. The van der Waals surface area contributed by atoms with E-state index in [1.807, 2.05) is 72.7 Å². The molecule has 3 aromatic rings. The highest BCUT2D eigenvalue weighted by molar-refractivity contribution is 6.30. The lowest BCUT2D eigenvalue weighted by Crippen LogP contribution is -2.47. The molecule has 2 aromatic carbocycles. The standard InChI is InChI=1S/C24H25ClN4O/c1-28(22-11-14-29(15-12-22)23-6-3-13-26-17-23)24(30)27-21-9-7-18(8-10-21)19-4-2-5-20(25)16-19/h2-10,13,16-17,22H,11-12,14-15H2,1H3,(H,27,30). The summed E-state index contributed by atoms with van der Waals surface area (Å²) in [4.78, 5) is 21.1. The predicted molar refractivity (Wildman–Crippen MR) is 123 cm³/mol. The number of nitrogens with zero attached hydrogens (tertiary/aromatic N) is 3. The highest BCUT2D eigenvalue weighted by Crippen LogP contribution is 2.25. The number of piperidine rings is 1. The number of anilines is 2. The van der Waals surface area contributed by atoms with E-state index in [2.05, 4.69) is 21.3 Å². The molecule has 1 N–H and O–H groups in total. The molecule has 1 aliphatic rings. The highest BCUT2D eigenvalue weighted by atomic mass is 35.5. The van der Waals surface area contributed by atoms with Crippen LogP contribution in [0.25, 0.3) is 11.1 Å². The molecule has 0 radical (unpaired) electrons. The number of hydrogen-bond acceptors (Lipinski definition) is 3. The van der Waals surface area contributed by atoms with Gasteiger partial charge in [0.15, 0.2) is 0 Å². The maximum atomic E-state index is 12.7. The van der Waals surface area contributed by atoms with E-state index < -0.39 is 0 Å². The average Bonchev–Trinajstić information content (AvgIpc) is 2.80. The molecule has 0 bridgehead atoms. The lowest BCUT2D eigenvalue weighted by molar-refractivity contribution is 0.193. The van der Waals surface area contributed by atoms with Crippen molar-refractivity contribution in [2.45, 2.75) is 18.9 Å². The van der Waals surface area contributed by atoms with E-state index in [0.717, 1.165) is 48.4 Å². The lowest BCUT2D eigenvalue weighted by atomic mass is 10.0. The Hall–Kier alpha value is -3.05. The fourth-order valence-corrected chi connectivity index (χ4v) is 4.03. The summed E-state index contributed by atoms with van der Waals surface area (Å²) in [5.41, 5.74) is 4.04. The Morgan fingerprint density at radius 2 is 1.83 bits per heavy atom. The van der Waals surface area contributed by atoms with Crippen molar-refractivity contribution >= 4 is 29.0 Å². The van der Waals surface area contributed by atoms with Gasteiger partial charge in [-0.05, 0) is 60.4 Å². The van der Waals surface area contributed by atoms with Crippen LogP contribution in [0.5, 0.6) is 0 Å². The minimum Gasteiger partial charge on any atom is -0.370 e. The summed E-state index contributed by atoms with van der Waals surface area (Å²) in [6.07, 6.45) is 5.55. The number of urea groups is 1. The Balaban J connectivity index is 1.32. The molecule has 0 saturated carbocycles. The van der Waals surface area contributed by atoms with E-state index >= 15 is 0 Å². The van der Waals surface area contributed by atoms with Gasteiger partial charge >= 0.3 is 6.03 Å². The van der Waals surface area contributed by atoms with E-state index in [4.69, 9.17) is 11.6 Å². The highest BCUT2D eigenvalue weighted by Gasteiger charge is 2.25. The first-order valence-electron chi connectivity index (χ1n) is 10.1. The summed E-state index contributed by atoms with van der Waals surface area (Å²) in [5, 5.41) is 3.72. The number of aromatic nitrogens is 1. The van der Waals surface area contributed by atoms with Gasteiger partial charge in [0.2, 0.25) is 0 Å². The van der Waals surface area contributed by atoms with Crippen LogP contribution in [0.4, 0.5) is 16.2 Å². The largest absolute Gasteiger partial charge is 0.370 e. The molecule has 2 heterocycles. The number of hydrogen-bond donors (Lipinski definition) is 1. The molecular weight excluding hydrogens is 396 g/mol. The maximum Gasteiger partial charge on any atom is 0.321 e. The van der Waals surface area contributed by atoms with Gasteiger partial charge in [-0.1, -0.05) is 35.9 Å². The molecule has 0 unspecified atom stereocenters. The first-order valence-corrected chi connectivity index (χ1v) is 10.5. The van der Waals surface area contributed by atoms with Crippen molar-refractivity contribution in [1.29, 1.82) is 0 Å². The molecule has 0 spiro atoms. The number of nitrogens with one attached hydrogen (secondary N) is 1. The van der Waals surface area contributed by atoms with Crippen molar-refractivity contribution in [3.8, 4) is 11.1 Å². The molecule has 1 saturated heterocycles. The van der Waals surface area contributed by atoms with Crippen LogP contribution in [-0.4, -0.2) is 42.1 Å². The fourth-order valence-electron chi connectivity index (χ4n) is 3.84. The van der Waals surface area contributed by atoms with Gasteiger partial charge in [-0.3, -0.25) is 4.98 Å². The molecule has 30 heavy (non-hydrogen) atoms. The third-order valence-electron chi connectivity index (χ3n) is 5.64. The van der Waals surface area contributed by atoms with Gasteiger partial charge < -0.3 is 15.1 Å². The Bertz CT molecular complexity index is 986. The number of rotatable bonds is 4. The molecule has 2 amide bonds. The van der Waals surface area contributed by atoms with Gasteiger partial charge in [-0.25, -0.2) is 4.79 Å². The lowest BCUT2D eigenvalue weighted by Gasteiger charge is -2.37. The van der Waals surface area contributed by atoms with Crippen molar-refractivity contribution < 1.29 is 4.79 Å². The smallest absolute Gasteiger partial charge is 0.321 e. The van der Waals surface area contributed by atoms with Crippen molar-refractivity contribution in [3.63, 3.8) is 0 Å². The van der Waals surface area contributed by atoms with Crippen molar-refractivity contribution in [1.82, 2.24) is 9.88 Å². The summed E-state index contributed by atoms with van der Waals surface area (Å²) in [7, 11) is 1.88. The monoisotopic (exact) mass is 420 g/mol. The molecule has 6 heteroatoms. The molecule has 0 atom stereocenters. The van der Waals surface area contributed by atoms with Crippen LogP contribution < -0.4 is 10.2 Å². The Kier molecular flexibility index (Phi) is 6.19. The number of benzene rings is 2. The van der Waals surface area contributed by atoms with Gasteiger partial charge in [-0.2, -0.15) is 0 Å². The van der Waals surface area contributed by atoms with E-state index in [-0.39, 0.29) is 12.1 Å². The van der Waals surface area contributed by atoms with Gasteiger partial charge in [0.25, 0.3) is 0 Å². The zero-order valence-corrected chi connectivity index (χ0v) is 17.7. The number of carbonyl (C=O) groups is 1. The van der Waals surface area contributed by atoms with Crippen LogP contribution >= 0.6 is 11.6 Å². The van der Waals surface area contributed by atoms with Crippen molar-refractivity contribution in [3.05, 3.63) is 78.1 Å². The predicted octanol–water partition coefficient (Wildman–Crippen LogP) is 5.53. The van der Waals surface area contributed by atoms with Crippen LogP contribution in [0.3, 0.4) is 0 Å². The van der Waals surface area contributed by atoms with Crippen molar-refractivity contribution in [2.75, 3.05) is 30.4 Å². The van der Waals surface area contributed by atoms with Crippen LogP contribution in [0.1, 0.15) is 12.8 Å². The van der Waals surface area contributed by atoms with Crippen LogP contribution in [0.2, 0.25) is 5.02 Å². The van der Waals surface area contributed by atoms with Crippen LogP contribution in [0, 0.1) is 0 Å². The second kappa shape index (κ2) is 9.18. The first kappa shape index (κ1) is 20.2. The SMILES string of the molecule is CN(C(=O)Nc1ccc(-c2cccc(Cl)c2)cc1)C1CCN(c2cccnc2)CC1. The Morgan fingerprint density at radius 1 is 1.07 bits per heavy atom. The summed E-state index contributed by atoms with van der Waals surface area (Å²) >= 11 is 6.08. The number of halogens is 1. The summed E-state index contributed by atoms with van der Waals surface area (Å²) in [5.74, 6) is 0. The normalized spacial score (nSPS) is 14.4. The summed E-state index contributed by atoms with van der Waals surface area (Å²) < 4.78 is 0. The third-order valence-corrected chi connectivity index (χ3v) is 5.87. The van der Waals surface area contributed by atoms with Gasteiger partial charge in [0.05, 0.1) is 11.9 Å². The van der Waals surface area contributed by atoms with E-state index in [1.54, 1.807) is 6.20 Å². The minimum absolute atomic E-state index is 0.0784. The van der Waals surface area contributed by atoms with Crippen LogP contribution in [0.15, 0.2) is 73.1 Å². The van der Waals surface area contributed by atoms with Crippen LogP contribution in [-0.2, 0) is 0 Å². The van der Waals surface area contributed by atoms with E-state index in [0.29, 0.717) is 5.02 Å². The third kappa shape index (κ3) is 4.74. The van der Waals surface area contributed by atoms with Gasteiger partial charge in [-0.15, -0.1) is 0 Å². The quantitative estimate of drug-likeness (QED) is 0.603. The van der Waals surface area contributed by atoms with E-state index in [1.165, 1.54) is 0 Å². The molecule has 4 rings (SSSR count). The zero-order chi connectivity index (χ0) is 20.9. The maximum absolute atomic E-state index is 12.7. The zero-order valence-electron chi connectivity index (χ0n) is 17.0. The molecule has 1 fully saturated rings. The van der Waals surface area contributed by atoms with Gasteiger partial charge in [0.1, 0.15) is 0 Å². The minimum atomic E-state index is -0.0784. The molecule has 154 valence electrons. The number of pyridine rings is 1. The fraction of sp³-hybridized carbons (Fsp3) is 0.250. The molecule has 1 aliphatic heterocycles. The molecular formula is C24H25ClN4O. The Labute approximate surface area is 182 Å². The average molecular weight is 421 g/mol. The first-order chi connectivity index (χ1) is 14.6.